The van der Waals surface area contributed by atoms with E-state index >= 15 is 0 Å². The van der Waals surface area contributed by atoms with Crippen LogP contribution < -0.4 is 18.1 Å². The molecule has 0 radical (unpaired) electrons. The summed E-state index contributed by atoms with van der Waals surface area (Å²) in [5.74, 6) is -0.844. The van der Waals surface area contributed by atoms with Crippen molar-refractivity contribution >= 4 is 11.8 Å². The molecule has 0 unspecified atom stereocenters. The molecular formula is C9H9ClN2O3. The van der Waals surface area contributed by atoms with Gasteiger partial charge in [-0.15, -0.1) is 5.06 Å². The van der Waals surface area contributed by atoms with Crippen molar-refractivity contribution < 1.29 is 32.6 Å². The van der Waals surface area contributed by atoms with Crippen molar-refractivity contribution in [1.29, 1.82) is 0 Å². The standard InChI is InChI=1S/C9H8N2O3.ClH/c10-5-14-11-8(12)6-3-1-2-4-7(6)9(11)13;/h1-4H,5,10H2;1H. The minimum absolute atomic E-state index is 0. The molecule has 0 spiro atoms. The second-order valence-corrected chi connectivity index (χ2v) is 2.78. The molecule has 0 aliphatic carbocycles. The van der Waals surface area contributed by atoms with Gasteiger partial charge in [-0.1, -0.05) is 12.1 Å². The van der Waals surface area contributed by atoms with Gasteiger partial charge in [0, 0.05) is 0 Å². The Kier molecular flexibility index (Phi) is 3.41. The number of imide groups is 1. The van der Waals surface area contributed by atoms with Crippen molar-refractivity contribution in [1.82, 2.24) is 5.06 Å². The van der Waals surface area contributed by atoms with Crippen molar-refractivity contribution in [2.24, 2.45) is 0 Å². The number of rotatable bonds is 2. The van der Waals surface area contributed by atoms with Crippen LogP contribution in [0.15, 0.2) is 24.3 Å². The first-order chi connectivity index (χ1) is 6.75. The summed E-state index contributed by atoms with van der Waals surface area (Å²) in [7, 11) is 0. The molecule has 0 atom stereocenters. The highest BCUT2D eigenvalue weighted by atomic mass is 35.5. The average molecular weight is 229 g/mol. The largest absolute Gasteiger partial charge is 1.00 e. The van der Waals surface area contributed by atoms with Gasteiger partial charge >= 0.3 is 0 Å². The lowest BCUT2D eigenvalue weighted by molar-refractivity contribution is -0.453. The van der Waals surface area contributed by atoms with Crippen molar-refractivity contribution in [2.75, 3.05) is 6.73 Å². The minimum Gasteiger partial charge on any atom is -1.00 e. The Bertz CT molecular complexity index is 373. The van der Waals surface area contributed by atoms with Gasteiger partial charge in [0.2, 0.25) is 6.73 Å². The first-order valence-electron chi connectivity index (χ1n) is 4.15. The third-order valence-corrected chi connectivity index (χ3v) is 1.98. The number of fused-ring (bicyclic) bond motifs is 1. The van der Waals surface area contributed by atoms with Crippen LogP contribution in [0.1, 0.15) is 20.7 Å². The Morgan fingerprint density at radius 2 is 1.60 bits per heavy atom. The molecule has 1 aliphatic rings. The van der Waals surface area contributed by atoms with E-state index in [1.165, 1.54) is 0 Å². The van der Waals surface area contributed by atoms with E-state index < -0.39 is 11.8 Å². The van der Waals surface area contributed by atoms with E-state index in [2.05, 4.69) is 5.73 Å². The monoisotopic (exact) mass is 228 g/mol. The van der Waals surface area contributed by atoms with E-state index in [0.717, 1.165) is 5.06 Å². The molecule has 1 aromatic rings. The molecule has 0 aromatic heterocycles. The van der Waals surface area contributed by atoms with Crippen LogP contribution in [0.4, 0.5) is 0 Å². The number of halogens is 1. The lowest BCUT2D eigenvalue weighted by atomic mass is 10.1. The first kappa shape index (κ1) is 11.6. The highest BCUT2D eigenvalue weighted by Gasteiger charge is 2.36. The Labute approximate surface area is 92.2 Å². The number of quaternary nitrogens is 1. The number of hydroxylamine groups is 2. The SMILES string of the molecule is [Cl-].[NH3+]CON1C(=O)c2ccccc2C1=O. The molecule has 80 valence electrons. The van der Waals surface area contributed by atoms with E-state index in [9.17, 15) is 9.59 Å². The van der Waals surface area contributed by atoms with Gasteiger partial charge in [0.05, 0.1) is 11.1 Å². The van der Waals surface area contributed by atoms with Crippen LogP contribution in [0, 0.1) is 0 Å². The van der Waals surface area contributed by atoms with Crippen molar-refractivity contribution in [2.45, 2.75) is 0 Å². The molecular weight excluding hydrogens is 220 g/mol. The third-order valence-electron chi connectivity index (χ3n) is 1.98. The number of hydrogen-bond donors (Lipinski definition) is 1. The summed E-state index contributed by atoms with van der Waals surface area (Å²) < 4.78 is 0. The van der Waals surface area contributed by atoms with E-state index in [1.54, 1.807) is 24.3 Å². The molecule has 1 heterocycles. The quantitative estimate of drug-likeness (QED) is 0.420. The van der Waals surface area contributed by atoms with Gasteiger partial charge in [0.25, 0.3) is 11.8 Å². The fourth-order valence-corrected chi connectivity index (χ4v) is 1.38. The number of carbonyl (C=O) groups is 2. The average Bonchev–Trinajstić information content (AvgIpc) is 2.45. The molecule has 5 nitrogen and oxygen atoms in total. The maximum absolute atomic E-state index is 11.5. The first-order valence-corrected chi connectivity index (χ1v) is 4.15. The van der Waals surface area contributed by atoms with Crippen molar-refractivity contribution in [3.63, 3.8) is 0 Å². The van der Waals surface area contributed by atoms with Crippen LogP contribution >= 0.6 is 0 Å². The zero-order valence-corrected chi connectivity index (χ0v) is 8.53. The summed E-state index contributed by atoms with van der Waals surface area (Å²) >= 11 is 0. The van der Waals surface area contributed by atoms with E-state index in [4.69, 9.17) is 4.84 Å². The Morgan fingerprint density at radius 1 is 1.13 bits per heavy atom. The molecule has 1 aromatic carbocycles. The van der Waals surface area contributed by atoms with Gasteiger partial charge in [-0.25, -0.2) is 4.84 Å². The molecule has 15 heavy (non-hydrogen) atoms. The summed E-state index contributed by atoms with van der Waals surface area (Å²) in [6.45, 7) is 0.0471. The maximum atomic E-state index is 11.5. The second-order valence-electron chi connectivity index (χ2n) is 2.78. The molecule has 0 fully saturated rings. The molecule has 0 saturated carbocycles. The summed E-state index contributed by atoms with van der Waals surface area (Å²) in [5, 5.41) is 0.748. The maximum Gasteiger partial charge on any atom is 0.286 e. The Hall–Kier alpha value is -1.43. The van der Waals surface area contributed by atoms with E-state index in [1.807, 2.05) is 0 Å². The van der Waals surface area contributed by atoms with Crippen molar-refractivity contribution in [3.05, 3.63) is 35.4 Å². The second kappa shape index (κ2) is 4.39. The lowest BCUT2D eigenvalue weighted by Gasteiger charge is -2.08. The normalized spacial score (nSPS) is 13.8. The van der Waals surface area contributed by atoms with Crippen molar-refractivity contribution in [3.8, 4) is 0 Å². The molecule has 1 aliphatic heterocycles. The van der Waals surface area contributed by atoms with Gasteiger partial charge < -0.3 is 18.1 Å². The fourth-order valence-electron chi connectivity index (χ4n) is 1.38. The summed E-state index contributed by atoms with van der Waals surface area (Å²) in [6.07, 6.45) is 0. The van der Waals surface area contributed by atoms with Gasteiger partial charge in [-0.05, 0) is 12.1 Å². The Morgan fingerprint density at radius 3 is 2.00 bits per heavy atom. The van der Waals surface area contributed by atoms with E-state index in [-0.39, 0.29) is 19.1 Å². The van der Waals surface area contributed by atoms with Crippen LogP contribution in [-0.4, -0.2) is 23.6 Å². The summed E-state index contributed by atoms with van der Waals surface area (Å²) in [5.41, 5.74) is 4.17. The van der Waals surface area contributed by atoms with Gasteiger partial charge in [0.15, 0.2) is 0 Å². The fraction of sp³-hybridized carbons (Fsp3) is 0.111. The molecule has 0 saturated heterocycles. The van der Waals surface area contributed by atoms with Crippen LogP contribution in [0.3, 0.4) is 0 Å². The molecule has 2 amide bonds. The van der Waals surface area contributed by atoms with Crippen LogP contribution in [0.2, 0.25) is 0 Å². The predicted octanol–water partition coefficient (Wildman–Crippen LogP) is -3.58. The highest BCUT2D eigenvalue weighted by molar-refractivity contribution is 6.20. The van der Waals surface area contributed by atoms with Crippen LogP contribution in [0.25, 0.3) is 0 Å². The van der Waals surface area contributed by atoms with Gasteiger partial charge in [0.1, 0.15) is 0 Å². The number of carbonyl (C=O) groups excluding carboxylic acids is 2. The Balaban J connectivity index is 0.00000112. The molecule has 6 heteroatoms. The van der Waals surface area contributed by atoms with Crippen LogP contribution in [0.5, 0.6) is 0 Å². The number of benzene rings is 1. The third kappa shape index (κ3) is 1.72. The minimum atomic E-state index is -0.422. The smallest absolute Gasteiger partial charge is 0.286 e. The van der Waals surface area contributed by atoms with E-state index in [0.29, 0.717) is 11.1 Å². The number of nitrogens with zero attached hydrogens (tertiary/aromatic N) is 1. The number of hydrogen-bond acceptors (Lipinski definition) is 3. The molecule has 0 bridgehead atoms. The van der Waals surface area contributed by atoms with Crippen LogP contribution in [-0.2, 0) is 4.84 Å². The topological polar surface area (TPSA) is 74.2 Å². The lowest BCUT2D eigenvalue weighted by Crippen LogP contribution is -3.00. The number of amides is 2. The van der Waals surface area contributed by atoms with Gasteiger partial charge in [-0.2, -0.15) is 0 Å². The predicted molar refractivity (Wildman–Crippen MR) is 45.8 cm³/mol. The summed E-state index contributed by atoms with van der Waals surface area (Å²) in [6, 6.07) is 6.61. The molecule has 3 N–H and O–H groups in total. The zero-order chi connectivity index (χ0) is 10.1. The zero-order valence-electron chi connectivity index (χ0n) is 7.77. The summed E-state index contributed by atoms with van der Waals surface area (Å²) in [4.78, 5) is 27.9. The highest BCUT2D eigenvalue weighted by Crippen LogP contribution is 2.21. The molecule has 2 rings (SSSR count). The van der Waals surface area contributed by atoms with Gasteiger partial charge in [-0.3, -0.25) is 9.59 Å².